The number of unbranched alkanes of at least 4 members (excludes halogenated alkanes) is 3. The van der Waals surface area contributed by atoms with Crippen molar-refractivity contribution >= 4 is 0 Å². The van der Waals surface area contributed by atoms with Gasteiger partial charge in [-0.15, -0.1) is 0 Å². The molecule has 0 aliphatic carbocycles. The first kappa shape index (κ1) is 18.7. The van der Waals surface area contributed by atoms with E-state index in [-0.39, 0.29) is 17.0 Å². The maximum atomic E-state index is 8.88. The van der Waals surface area contributed by atoms with Crippen molar-refractivity contribution in [3.8, 4) is 0 Å². The number of hydrogen-bond acceptors (Lipinski definition) is 2. The van der Waals surface area contributed by atoms with Gasteiger partial charge in [0.25, 0.3) is 0 Å². The normalized spacial score (nSPS) is 11.6. The molecule has 100 valence electrons. The summed E-state index contributed by atoms with van der Waals surface area (Å²) in [7, 11) is 8.63. The maximum absolute atomic E-state index is 8.88. The SMILES string of the molecule is CN(C)CCCCCC[N+](C)(C)CCO.[Br-]. The Morgan fingerprint density at radius 3 is 2.00 bits per heavy atom. The Morgan fingerprint density at radius 1 is 0.938 bits per heavy atom. The zero-order chi connectivity index (χ0) is 11.7. The van der Waals surface area contributed by atoms with Crippen LogP contribution in [-0.4, -0.2) is 68.9 Å². The molecule has 0 radical (unpaired) electrons. The molecule has 0 aromatic carbocycles. The quantitative estimate of drug-likeness (QED) is 0.400. The van der Waals surface area contributed by atoms with Gasteiger partial charge in [-0.05, 0) is 39.9 Å². The topological polar surface area (TPSA) is 23.5 Å². The van der Waals surface area contributed by atoms with Crippen molar-refractivity contribution in [3.05, 3.63) is 0 Å². The molecule has 0 heterocycles. The van der Waals surface area contributed by atoms with Gasteiger partial charge in [-0.25, -0.2) is 0 Å². The van der Waals surface area contributed by atoms with Crippen LogP contribution in [0.4, 0.5) is 0 Å². The molecule has 0 aromatic heterocycles. The fourth-order valence-corrected chi connectivity index (χ4v) is 1.70. The summed E-state index contributed by atoms with van der Waals surface area (Å²) in [5.74, 6) is 0. The maximum Gasteiger partial charge on any atom is 0.102 e. The molecule has 0 atom stereocenters. The number of likely N-dealkylation sites (N-methyl/N-ethyl adjacent to an activating group) is 1. The second kappa shape index (κ2) is 10.5. The highest BCUT2D eigenvalue weighted by atomic mass is 79.9. The summed E-state index contributed by atoms with van der Waals surface area (Å²) in [6, 6.07) is 0. The number of nitrogens with zero attached hydrogens (tertiary/aromatic N) is 2. The smallest absolute Gasteiger partial charge is 0.102 e. The molecule has 0 saturated heterocycles. The minimum atomic E-state index is 0. The Balaban J connectivity index is 0. The van der Waals surface area contributed by atoms with Crippen LogP contribution < -0.4 is 17.0 Å². The summed E-state index contributed by atoms with van der Waals surface area (Å²) in [6.45, 7) is 3.56. The van der Waals surface area contributed by atoms with Gasteiger partial charge in [0.05, 0.1) is 27.2 Å². The van der Waals surface area contributed by atoms with Crippen molar-refractivity contribution in [1.82, 2.24) is 4.90 Å². The zero-order valence-corrected chi connectivity index (χ0v) is 13.0. The first-order valence-corrected chi connectivity index (χ1v) is 6.05. The third-order valence-corrected chi connectivity index (χ3v) is 2.82. The van der Waals surface area contributed by atoms with E-state index in [1.807, 2.05) is 0 Å². The predicted octanol–water partition coefficient (Wildman–Crippen LogP) is -1.82. The van der Waals surface area contributed by atoms with E-state index in [9.17, 15) is 0 Å². The number of hydrogen-bond donors (Lipinski definition) is 1. The largest absolute Gasteiger partial charge is 1.00 e. The van der Waals surface area contributed by atoms with Crippen LogP contribution >= 0.6 is 0 Å². The summed E-state index contributed by atoms with van der Waals surface area (Å²) in [5, 5.41) is 8.88. The van der Waals surface area contributed by atoms with Gasteiger partial charge in [0.15, 0.2) is 0 Å². The lowest BCUT2D eigenvalue weighted by Crippen LogP contribution is -3.00. The lowest BCUT2D eigenvalue weighted by atomic mass is 10.2. The van der Waals surface area contributed by atoms with E-state index in [0.29, 0.717) is 6.61 Å². The highest BCUT2D eigenvalue weighted by molar-refractivity contribution is 4.47. The molecular formula is C12H29BrN2O. The molecule has 0 bridgehead atoms. The molecule has 0 aliphatic rings. The Morgan fingerprint density at radius 2 is 1.50 bits per heavy atom. The van der Waals surface area contributed by atoms with Crippen LogP contribution in [-0.2, 0) is 0 Å². The molecule has 0 rings (SSSR count). The van der Waals surface area contributed by atoms with E-state index >= 15 is 0 Å². The predicted molar refractivity (Wildman–Crippen MR) is 66.0 cm³/mol. The number of quaternary nitrogens is 1. The Hall–Kier alpha value is 0.360. The van der Waals surface area contributed by atoms with E-state index in [1.165, 1.54) is 38.8 Å². The van der Waals surface area contributed by atoms with Crippen molar-refractivity contribution in [1.29, 1.82) is 0 Å². The monoisotopic (exact) mass is 296 g/mol. The highest BCUT2D eigenvalue weighted by Crippen LogP contribution is 2.05. The van der Waals surface area contributed by atoms with Crippen LogP contribution in [0.1, 0.15) is 25.7 Å². The first-order chi connectivity index (χ1) is 6.98. The standard InChI is InChI=1S/C12H29N2O.BrH/c1-13(2)9-7-5-6-8-10-14(3,4)11-12-15;/h15H,5-12H2,1-4H3;1H/q+1;/p-1. The van der Waals surface area contributed by atoms with Gasteiger partial charge >= 0.3 is 0 Å². The molecule has 0 amide bonds. The molecule has 0 aromatic rings. The molecule has 0 fully saturated rings. The van der Waals surface area contributed by atoms with Gasteiger partial charge in [-0.3, -0.25) is 0 Å². The fraction of sp³-hybridized carbons (Fsp3) is 1.00. The molecule has 0 aliphatic heterocycles. The lowest BCUT2D eigenvalue weighted by Gasteiger charge is -2.28. The first-order valence-electron chi connectivity index (χ1n) is 6.05. The van der Waals surface area contributed by atoms with Crippen molar-refractivity contribution in [2.24, 2.45) is 0 Å². The number of rotatable bonds is 9. The van der Waals surface area contributed by atoms with Crippen molar-refractivity contribution in [2.45, 2.75) is 25.7 Å². The summed E-state index contributed by atoms with van der Waals surface area (Å²) < 4.78 is 0.949. The third kappa shape index (κ3) is 12.4. The molecule has 3 nitrogen and oxygen atoms in total. The summed E-state index contributed by atoms with van der Waals surface area (Å²) >= 11 is 0. The van der Waals surface area contributed by atoms with Crippen molar-refractivity contribution in [3.63, 3.8) is 0 Å². The molecule has 0 saturated carbocycles. The number of aliphatic hydroxyl groups is 1. The number of aliphatic hydroxyl groups excluding tert-OH is 1. The van der Waals surface area contributed by atoms with E-state index < -0.39 is 0 Å². The van der Waals surface area contributed by atoms with Gasteiger partial charge in [0.2, 0.25) is 0 Å². The molecule has 1 N–H and O–H groups in total. The highest BCUT2D eigenvalue weighted by Gasteiger charge is 2.12. The Labute approximate surface area is 112 Å². The summed E-state index contributed by atoms with van der Waals surface area (Å²) in [5.41, 5.74) is 0. The van der Waals surface area contributed by atoms with E-state index in [2.05, 4.69) is 33.1 Å². The van der Waals surface area contributed by atoms with Gasteiger partial charge in [-0.2, -0.15) is 0 Å². The van der Waals surface area contributed by atoms with E-state index in [0.717, 1.165) is 11.0 Å². The Bertz CT molecular complexity index is 152. The van der Waals surface area contributed by atoms with E-state index in [1.54, 1.807) is 0 Å². The molecule has 0 spiro atoms. The zero-order valence-electron chi connectivity index (χ0n) is 11.4. The van der Waals surface area contributed by atoms with Crippen LogP contribution in [0.5, 0.6) is 0 Å². The molecule has 4 heteroatoms. The van der Waals surface area contributed by atoms with Gasteiger partial charge < -0.3 is 31.5 Å². The number of halogens is 1. The minimum absolute atomic E-state index is 0. The average Bonchev–Trinajstić information content (AvgIpc) is 2.10. The fourth-order valence-electron chi connectivity index (χ4n) is 1.70. The second-order valence-corrected chi connectivity index (χ2v) is 5.32. The van der Waals surface area contributed by atoms with Crippen LogP contribution in [0.25, 0.3) is 0 Å². The van der Waals surface area contributed by atoms with Gasteiger partial charge in [0, 0.05) is 0 Å². The van der Waals surface area contributed by atoms with Crippen molar-refractivity contribution in [2.75, 3.05) is 54.4 Å². The van der Waals surface area contributed by atoms with Crippen molar-refractivity contribution < 1.29 is 26.6 Å². The molecular weight excluding hydrogens is 268 g/mol. The van der Waals surface area contributed by atoms with Crippen LogP contribution in [0.3, 0.4) is 0 Å². The van der Waals surface area contributed by atoms with Crippen LogP contribution in [0, 0.1) is 0 Å². The summed E-state index contributed by atoms with van der Waals surface area (Å²) in [6.07, 6.45) is 5.24. The molecule has 0 unspecified atom stereocenters. The minimum Gasteiger partial charge on any atom is -1.00 e. The lowest BCUT2D eigenvalue weighted by molar-refractivity contribution is -0.890. The Kier molecular flexibility index (Phi) is 12.3. The second-order valence-electron chi connectivity index (χ2n) is 5.32. The summed E-state index contributed by atoms with van der Waals surface area (Å²) in [4.78, 5) is 2.24. The van der Waals surface area contributed by atoms with E-state index in [4.69, 9.17) is 5.11 Å². The van der Waals surface area contributed by atoms with Crippen LogP contribution in [0.2, 0.25) is 0 Å². The molecule has 16 heavy (non-hydrogen) atoms. The van der Waals surface area contributed by atoms with Gasteiger partial charge in [0.1, 0.15) is 6.54 Å². The van der Waals surface area contributed by atoms with Gasteiger partial charge in [-0.1, -0.05) is 6.42 Å². The third-order valence-electron chi connectivity index (χ3n) is 2.82. The average molecular weight is 297 g/mol. The van der Waals surface area contributed by atoms with Crippen LogP contribution in [0.15, 0.2) is 0 Å².